The van der Waals surface area contributed by atoms with Crippen LogP contribution in [0.2, 0.25) is 0 Å². The highest BCUT2D eigenvalue weighted by Gasteiger charge is 2.32. The Kier molecular flexibility index (Phi) is 5.18. The molecular formula is C15H20BrNO3. The number of hydrogen-bond acceptors (Lipinski definition) is 3. The number of carboxylic acid groups (broad SMARTS) is 1. The molecule has 1 aliphatic rings. The van der Waals surface area contributed by atoms with Crippen LogP contribution in [0.3, 0.4) is 0 Å². The van der Waals surface area contributed by atoms with E-state index in [9.17, 15) is 9.90 Å². The van der Waals surface area contributed by atoms with Crippen LogP contribution in [0.15, 0.2) is 22.7 Å². The molecule has 0 bridgehead atoms. The van der Waals surface area contributed by atoms with Crippen LogP contribution in [0.1, 0.15) is 41.6 Å². The Labute approximate surface area is 127 Å². The Morgan fingerprint density at radius 3 is 2.60 bits per heavy atom. The van der Waals surface area contributed by atoms with Crippen molar-refractivity contribution in [1.82, 2.24) is 5.32 Å². The van der Waals surface area contributed by atoms with Crippen LogP contribution in [-0.2, 0) is 6.54 Å². The molecule has 1 fully saturated rings. The van der Waals surface area contributed by atoms with Crippen LogP contribution in [0, 0.1) is 5.41 Å². The first-order valence-electron chi connectivity index (χ1n) is 6.90. The van der Waals surface area contributed by atoms with Gasteiger partial charge in [-0.3, -0.25) is 0 Å². The Balaban J connectivity index is 1.92. The minimum atomic E-state index is -0.921. The number of nitrogens with one attached hydrogen (secondary N) is 1. The molecule has 3 N–H and O–H groups in total. The van der Waals surface area contributed by atoms with Crippen molar-refractivity contribution in [2.45, 2.75) is 32.2 Å². The van der Waals surface area contributed by atoms with E-state index in [1.165, 1.54) is 12.8 Å². The summed E-state index contributed by atoms with van der Waals surface area (Å²) in [7, 11) is 0. The predicted molar refractivity (Wildman–Crippen MR) is 80.8 cm³/mol. The molecule has 1 saturated carbocycles. The number of aliphatic hydroxyl groups is 1. The van der Waals surface area contributed by atoms with Gasteiger partial charge in [0.1, 0.15) is 0 Å². The zero-order chi connectivity index (χ0) is 14.6. The summed E-state index contributed by atoms with van der Waals surface area (Å²) in [5, 5.41) is 21.9. The van der Waals surface area contributed by atoms with Crippen LogP contribution < -0.4 is 5.32 Å². The van der Waals surface area contributed by atoms with Gasteiger partial charge in [-0.05, 0) is 30.5 Å². The summed E-state index contributed by atoms with van der Waals surface area (Å²) in [4.78, 5) is 10.9. The van der Waals surface area contributed by atoms with Gasteiger partial charge in [0.2, 0.25) is 0 Å². The molecule has 0 aromatic heterocycles. The molecule has 1 aromatic rings. The van der Waals surface area contributed by atoms with E-state index in [1.807, 2.05) is 6.07 Å². The smallest absolute Gasteiger partial charge is 0.335 e. The normalized spacial score (nSPS) is 17.3. The number of rotatable bonds is 6. The van der Waals surface area contributed by atoms with E-state index in [0.29, 0.717) is 6.54 Å². The third-order valence-electron chi connectivity index (χ3n) is 4.12. The minimum Gasteiger partial charge on any atom is -0.478 e. The van der Waals surface area contributed by atoms with Gasteiger partial charge in [0, 0.05) is 29.6 Å². The lowest BCUT2D eigenvalue weighted by Gasteiger charge is -2.26. The molecular weight excluding hydrogens is 322 g/mol. The molecule has 0 spiro atoms. The molecule has 0 atom stereocenters. The van der Waals surface area contributed by atoms with Gasteiger partial charge in [-0.2, -0.15) is 0 Å². The largest absolute Gasteiger partial charge is 0.478 e. The van der Waals surface area contributed by atoms with E-state index in [2.05, 4.69) is 21.2 Å². The van der Waals surface area contributed by atoms with Gasteiger partial charge in [0.25, 0.3) is 0 Å². The van der Waals surface area contributed by atoms with E-state index in [0.717, 1.165) is 29.4 Å². The molecule has 0 saturated heterocycles. The van der Waals surface area contributed by atoms with Crippen LogP contribution in [0.25, 0.3) is 0 Å². The Morgan fingerprint density at radius 1 is 1.35 bits per heavy atom. The average Bonchev–Trinajstić information content (AvgIpc) is 2.90. The molecule has 110 valence electrons. The summed E-state index contributed by atoms with van der Waals surface area (Å²) in [6.07, 6.45) is 4.55. The molecule has 0 aliphatic heterocycles. The maximum Gasteiger partial charge on any atom is 0.335 e. The summed E-state index contributed by atoms with van der Waals surface area (Å²) in [6.45, 7) is 1.71. The Bertz CT molecular complexity index is 484. The molecule has 1 aromatic carbocycles. The molecule has 0 amide bonds. The zero-order valence-electron chi connectivity index (χ0n) is 11.4. The third kappa shape index (κ3) is 3.59. The van der Waals surface area contributed by atoms with Crippen molar-refractivity contribution in [3.05, 3.63) is 33.8 Å². The fourth-order valence-electron chi connectivity index (χ4n) is 2.80. The highest BCUT2D eigenvalue weighted by Crippen LogP contribution is 2.37. The monoisotopic (exact) mass is 341 g/mol. The van der Waals surface area contributed by atoms with Crippen molar-refractivity contribution in [3.63, 3.8) is 0 Å². The molecule has 4 nitrogen and oxygen atoms in total. The topological polar surface area (TPSA) is 69.6 Å². The lowest BCUT2D eigenvalue weighted by molar-refractivity contribution is 0.0697. The summed E-state index contributed by atoms with van der Waals surface area (Å²) in [5.74, 6) is -0.921. The van der Waals surface area contributed by atoms with Gasteiger partial charge in [-0.1, -0.05) is 34.8 Å². The summed E-state index contributed by atoms with van der Waals surface area (Å²) in [5.41, 5.74) is 1.34. The summed E-state index contributed by atoms with van der Waals surface area (Å²) < 4.78 is 0.800. The van der Waals surface area contributed by atoms with Crippen molar-refractivity contribution < 1.29 is 15.0 Å². The zero-order valence-corrected chi connectivity index (χ0v) is 12.9. The average molecular weight is 342 g/mol. The first-order valence-corrected chi connectivity index (χ1v) is 7.69. The summed E-state index contributed by atoms with van der Waals surface area (Å²) in [6, 6.07) is 5.05. The van der Waals surface area contributed by atoms with Crippen LogP contribution in [0.4, 0.5) is 0 Å². The fraction of sp³-hybridized carbons (Fsp3) is 0.533. The van der Waals surface area contributed by atoms with E-state index >= 15 is 0 Å². The molecule has 5 heteroatoms. The second-order valence-electron chi connectivity index (χ2n) is 5.58. The number of hydrogen-bond donors (Lipinski definition) is 3. The van der Waals surface area contributed by atoms with Crippen LogP contribution in [0.5, 0.6) is 0 Å². The van der Waals surface area contributed by atoms with Gasteiger partial charge in [-0.25, -0.2) is 4.79 Å². The van der Waals surface area contributed by atoms with E-state index < -0.39 is 5.97 Å². The van der Waals surface area contributed by atoms with Gasteiger partial charge in [0.15, 0.2) is 0 Å². The number of carboxylic acids is 1. The second-order valence-corrected chi connectivity index (χ2v) is 6.43. The highest BCUT2D eigenvalue weighted by molar-refractivity contribution is 9.10. The third-order valence-corrected chi connectivity index (χ3v) is 4.85. The van der Waals surface area contributed by atoms with Crippen molar-refractivity contribution in [3.8, 4) is 0 Å². The van der Waals surface area contributed by atoms with E-state index in [4.69, 9.17) is 5.11 Å². The van der Waals surface area contributed by atoms with Gasteiger partial charge in [0.05, 0.1) is 5.56 Å². The van der Waals surface area contributed by atoms with Crippen LogP contribution >= 0.6 is 15.9 Å². The number of carbonyl (C=O) groups is 1. The van der Waals surface area contributed by atoms with E-state index in [-0.39, 0.29) is 17.6 Å². The Morgan fingerprint density at radius 2 is 2.05 bits per heavy atom. The standard InChI is InChI=1S/C15H20BrNO3/c16-13-7-11(14(19)20)3-4-12(13)8-17-9-15(10-18)5-1-2-6-15/h3-4,7,17-18H,1-2,5-6,8-10H2,(H,19,20). The first kappa shape index (κ1) is 15.5. The first-order chi connectivity index (χ1) is 9.56. The van der Waals surface area contributed by atoms with Crippen molar-refractivity contribution in [2.75, 3.05) is 13.2 Å². The minimum absolute atomic E-state index is 0.0352. The number of aliphatic hydroxyl groups excluding tert-OH is 1. The van der Waals surface area contributed by atoms with Gasteiger partial charge in [-0.15, -0.1) is 0 Å². The van der Waals surface area contributed by atoms with Crippen molar-refractivity contribution >= 4 is 21.9 Å². The second kappa shape index (κ2) is 6.70. The highest BCUT2D eigenvalue weighted by atomic mass is 79.9. The number of aromatic carboxylic acids is 1. The fourth-order valence-corrected chi connectivity index (χ4v) is 3.32. The maximum absolute atomic E-state index is 10.9. The molecule has 1 aliphatic carbocycles. The molecule has 2 rings (SSSR count). The number of halogens is 1. The van der Waals surface area contributed by atoms with Gasteiger partial charge >= 0.3 is 5.97 Å². The molecule has 0 heterocycles. The molecule has 20 heavy (non-hydrogen) atoms. The van der Waals surface area contributed by atoms with E-state index in [1.54, 1.807) is 12.1 Å². The lowest BCUT2D eigenvalue weighted by Crippen LogP contribution is -2.34. The van der Waals surface area contributed by atoms with Gasteiger partial charge < -0.3 is 15.5 Å². The molecule has 0 unspecified atom stereocenters. The van der Waals surface area contributed by atoms with Crippen molar-refractivity contribution in [1.29, 1.82) is 0 Å². The maximum atomic E-state index is 10.9. The SMILES string of the molecule is O=C(O)c1ccc(CNCC2(CO)CCCC2)c(Br)c1. The Hall–Kier alpha value is -0.910. The van der Waals surface area contributed by atoms with Crippen LogP contribution in [-0.4, -0.2) is 29.3 Å². The molecule has 0 radical (unpaired) electrons. The van der Waals surface area contributed by atoms with Crippen molar-refractivity contribution in [2.24, 2.45) is 5.41 Å². The predicted octanol–water partition coefficient (Wildman–Crippen LogP) is 2.79. The summed E-state index contributed by atoms with van der Waals surface area (Å²) >= 11 is 3.41. The quantitative estimate of drug-likeness (QED) is 0.744. The number of benzene rings is 1. The lowest BCUT2D eigenvalue weighted by atomic mass is 9.87.